The van der Waals surface area contributed by atoms with Crippen molar-refractivity contribution in [2.45, 2.75) is 66.2 Å². The first kappa shape index (κ1) is 26.9. The molecule has 162 valence electrons. The highest BCUT2D eigenvalue weighted by Gasteiger charge is 2.23. The van der Waals surface area contributed by atoms with E-state index < -0.39 is 5.60 Å². The molecule has 0 unspecified atom stereocenters. The van der Waals surface area contributed by atoms with Gasteiger partial charge in [-0.2, -0.15) is 0 Å². The Morgan fingerprint density at radius 3 is 2.50 bits per heavy atom. The predicted octanol–water partition coefficient (Wildman–Crippen LogP) is 4.11. The maximum atomic E-state index is 12.3. The Labute approximate surface area is 191 Å². The third-order valence-corrected chi connectivity index (χ3v) is 4.57. The summed E-state index contributed by atoms with van der Waals surface area (Å²) in [5.41, 5.74) is 0.556. The minimum atomic E-state index is -0.485. The van der Waals surface area contributed by atoms with Crippen LogP contribution in [0.1, 0.15) is 51.7 Å². The number of hydrogen-bond donors (Lipinski definition) is 1. The lowest BCUT2D eigenvalue weighted by Crippen LogP contribution is -2.43. The third-order valence-electron chi connectivity index (χ3n) is 3.75. The molecule has 1 heterocycles. The van der Waals surface area contributed by atoms with Crippen LogP contribution >= 0.6 is 35.3 Å². The molecule has 1 aromatic rings. The van der Waals surface area contributed by atoms with Crippen molar-refractivity contribution in [3.05, 3.63) is 16.1 Å². The Morgan fingerprint density at radius 1 is 1.39 bits per heavy atom. The molecule has 0 fully saturated rings. The Balaban J connectivity index is 0.00000729. The molecular formula is C19H36IN5O2S. The molecule has 1 rings (SSSR count). The van der Waals surface area contributed by atoms with Gasteiger partial charge in [-0.1, -0.05) is 0 Å². The molecule has 0 saturated heterocycles. The summed E-state index contributed by atoms with van der Waals surface area (Å²) in [6, 6.07) is 0.0924. The van der Waals surface area contributed by atoms with Crippen LogP contribution in [0, 0.1) is 6.92 Å². The van der Waals surface area contributed by atoms with E-state index in [-0.39, 0.29) is 36.1 Å². The van der Waals surface area contributed by atoms with Crippen molar-refractivity contribution in [2.75, 3.05) is 27.2 Å². The van der Waals surface area contributed by atoms with Crippen LogP contribution in [0.4, 0.5) is 4.79 Å². The van der Waals surface area contributed by atoms with Crippen molar-refractivity contribution in [3.8, 4) is 0 Å². The molecule has 0 radical (unpaired) electrons. The van der Waals surface area contributed by atoms with Crippen molar-refractivity contribution < 1.29 is 9.53 Å². The summed E-state index contributed by atoms with van der Waals surface area (Å²) in [6.45, 7) is 13.7. The quantitative estimate of drug-likeness (QED) is 0.251. The van der Waals surface area contributed by atoms with E-state index in [4.69, 9.17) is 4.74 Å². The topological polar surface area (TPSA) is 70.1 Å². The van der Waals surface area contributed by atoms with Crippen LogP contribution in [-0.4, -0.2) is 65.7 Å². The molecule has 0 spiro atoms. The smallest absolute Gasteiger partial charge is 0.410 e. The first-order chi connectivity index (χ1) is 12.5. The first-order valence-corrected chi connectivity index (χ1v) is 10.2. The molecule has 0 aliphatic carbocycles. The van der Waals surface area contributed by atoms with Gasteiger partial charge >= 0.3 is 6.09 Å². The number of amides is 1. The second-order valence-electron chi connectivity index (χ2n) is 7.81. The highest BCUT2D eigenvalue weighted by Crippen LogP contribution is 2.12. The zero-order valence-electron chi connectivity index (χ0n) is 18.4. The standard InChI is InChI=1S/C19H35N5O2S.HI/c1-14(2)24(18(25)26-19(4,5)6)11-9-10-21-17(20-7)23(8)12-16-13-27-15(3)22-16;/h13-14H,9-12H2,1-8H3,(H,20,21);1H. The van der Waals surface area contributed by atoms with Gasteiger partial charge in [0.25, 0.3) is 0 Å². The van der Waals surface area contributed by atoms with Crippen LogP contribution in [0.25, 0.3) is 0 Å². The lowest BCUT2D eigenvalue weighted by atomic mass is 10.2. The van der Waals surface area contributed by atoms with Crippen molar-refractivity contribution in [3.63, 3.8) is 0 Å². The SMILES string of the molecule is CN=C(NCCCN(C(=O)OC(C)(C)C)C(C)C)N(C)Cc1csc(C)n1.I. The number of aryl methyl sites for hydroxylation is 1. The van der Waals surface area contributed by atoms with Gasteiger partial charge < -0.3 is 19.9 Å². The molecule has 9 heteroatoms. The fraction of sp³-hybridized carbons (Fsp3) is 0.737. The van der Waals surface area contributed by atoms with Gasteiger partial charge in [-0.25, -0.2) is 9.78 Å². The molecule has 0 bridgehead atoms. The van der Waals surface area contributed by atoms with E-state index in [1.54, 1.807) is 23.3 Å². The van der Waals surface area contributed by atoms with E-state index in [0.29, 0.717) is 13.1 Å². The summed E-state index contributed by atoms with van der Waals surface area (Å²) < 4.78 is 5.50. The van der Waals surface area contributed by atoms with Gasteiger partial charge in [-0.15, -0.1) is 35.3 Å². The lowest BCUT2D eigenvalue weighted by Gasteiger charge is -2.30. The summed E-state index contributed by atoms with van der Waals surface area (Å²) in [6.07, 6.45) is 0.540. The highest BCUT2D eigenvalue weighted by molar-refractivity contribution is 14.0. The van der Waals surface area contributed by atoms with Gasteiger partial charge in [-0.3, -0.25) is 4.99 Å². The Morgan fingerprint density at radius 2 is 2.04 bits per heavy atom. The van der Waals surface area contributed by atoms with E-state index in [1.807, 2.05) is 53.5 Å². The van der Waals surface area contributed by atoms with E-state index >= 15 is 0 Å². The van der Waals surface area contributed by atoms with Gasteiger partial charge in [0.15, 0.2) is 5.96 Å². The van der Waals surface area contributed by atoms with Crippen LogP contribution in [0.3, 0.4) is 0 Å². The largest absolute Gasteiger partial charge is 0.444 e. The summed E-state index contributed by atoms with van der Waals surface area (Å²) in [5, 5.41) is 6.49. The number of carbonyl (C=O) groups is 1. The van der Waals surface area contributed by atoms with Crippen LogP contribution in [0.2, 0.25) is 0 Å². The molecule has 1 N–H and O–H groups in total. The van der Waals surface area contributed by atoms with E-state index in [0.717, 1.165) is 29.6 Å². The number of thiazole rings is 1. The minimum absolute atomic E-state index is 0. The van der Waals surface area contributed by atoms with Gasteiger partial charge in [0.1, 0.15) is 5.60 Å². The van der Waals surface area contributed by atoms with Crippen LogP contribution in [-0.2, 0) is 11.3 Å². The van der Waals surface area contributed by atoms with E-state index in [2.05, 4.69) is 20.7 Å². The van der Waals surface area contributed by atoms with Crippen molar-refractivity contribution in [1.82, 2.24) is 20.1 Å². The average molecular weight is 526 g/mol. The lowest BCUT2D eigenvalue weighted by molar-refractivity contribution is 0.0190. The Hall–Kier alpha value is -1.10. The number of nitrogens with zero attached hydrogens (tertiary/aromatic N) is 4. The summed E-state index contributed by atoms with van der Waals surface area (Å²) in [5.74, 6) is 0.814. The number of rotatable bonds is 7. The maximum Gasteiger partial charge on any atom is 0.410 e. The number of nitrogens with one attached hydrogen (secondary N) is 1. The Kier molecular flexibility index (Phi) is 12.0. The predicted molar refractivity (Wildman–Crippen MR) is 128 cm³/mol. The van der Waals surface area contributed by atoms with Gasteiger partial charge in [0.2, 0.25) is 0 Å². The van der Waals surface area contributed by atoms with Crippen LogP contribution in [0.5, 0.6) is 0 Å². The number of aliphatic imine (C=N–C) groups is 1. The van der Waals surface area contributed by atoms with Crippen molar-refractivity contribution >= 4 is 47.4 Å². The fourth-order valence-electron chi connectivity index (χ4n) is 2.51. The van der Waals surface area contributed by atoms with Crippen LogP contribution < -0.4 is 5.32 Å². The zero-order chi connectivity index (χ0) is 20.6. The van der Waals surface area contributed by atoms with E-state index in [9.17, 15) is 4.79 Å². The van der Waals surface area contributed by atoms with Gasteiger partial charge in [-0.05, 0) is 48.0 Å². The van der Waals surface area contributed by atoms with Crippen molar-refractivity contribution in [1.29, 1.82) is 0 Å². The number of aromatic nitrogens is 1. The highest BCUT2D eigenvalue weighted by atomic mass is 127. The van der Waals surface area contributed by atoms with Crippen LogP contribution in [0.15, 0.2) is 10.4 Å². The molecule has 28 heavy (non-hydrogen) atoms. The average Bonchev–Trinajstić information content (AvgIpc) is 2.93. The minimum Gasteiger partial charge on any atom is -0.444 e. The molecular weight excluding hydrogens is 489 g/mol. The second kappa shape index (κ2) is 12.5. The molecule has 0 saturated carbocycles. The number of ether oxygens (including phenoxy) is 1. The van der Waals surface area contributed by atoms with Crippen molar-refractivity contribution in [2.24, 2.45) is 4.99 Å². The van der Waals surface area contributed by atoms with E-state index in [1.165, 1.54) is 0 Å². The first-order valence-electron chi connectivity index (χ1n) is 9.36. The van der Waals surface area contributed by atoms with Gasteiger partial charge in [0.05, 0.1) is 17.2 Å². The summed E-state index contributed by atoms with van der Waals surface area (Å²) in [7, 11) is 3.76. The third kappa shape index (κ3) is 9.90. The molecule has 0 aromatic carbocycles. The number of hydrogen-bond acceptors (Lipinski definition) is 5. The maximum absolute atomic E-state index is 12.3. The monoisotopic (exact) mass is 525 g/mol. The number of carbonyl (C=O) groups excluding carboxylic acids is 1. The molecule has 1 amide bonds. The Bertz CT molecular complexity index is 628. The number of guanidine groups is 1. The number of halogens is 1. The fourth-order valence-corrected chi connectivity index (χ4v) is 3.12. The molecule has 1 aromatic heterocycles. The molecule has 0 aliphatic rings. The summed E-state index contributed by atoms with van der Waals surface area (Å²) >= 11 is 1.65. The van der Waals surface area contributed by atoms with Gasteiger partial charge in [0, 0.05) is 38.6 Å². The molecule has 7 nitrogen and oxygen atoms in total. The normalized spacial score (nSPS) is 11.8. The molecule has 0 atom stereocenters. The second-order valence-corrected chi connectivity index (χ2v) is 8.87. The summed E-state index contributed by atoms with van der Waals surface area (Å²) in [4.78, 5) is 25.0. The molecule has 0 aliphatic heterocycles. The zero-order valence-corrected chi connectivity index (χ0v) is 21.6.